The molecular formula is C13H20BrNO. The average Bonchev–Trinajstić information content (AvgIpc) is 2.30. The minimum atomic E-state index is -0.600. The third kappa shape index (κ3) is 3.49. The normalized spacial score (nSPS) is 11.6. The lowest BCUT2D eigenvalue weighted by molar-refractivity contribution is 0.0457. The van der Waals surface area contributed by atoms with Gasteiger partial charge in [-0.05, 0) is 37.5 Å². The van der Waals surface area contributed by atoms with Crippen LogP contribution in [-0.4, -0.2) is 17.3 Å². The Kier molecular flexibility index (Phi) is 4.81. The summed E-state index contributed by atoms with van der Waals surface area (Å²) >= 11 is 3.50. The van der Waals surface area contributed by atoms with E-state index in [1.807, 2.05) is 26.0 Å². The zero-order valence-corrected chi connectivity index (χ0v) is 11.8. The SMILES string of the molecule is CCC(O)(CC)CNc1ccc(C)c(Br)c1. The lowest BCUT2D eigenvalue weighted by Gasteiger charge is -2.26. The van der Waals surface area contributed by atoms with Gasteiger partial charge >= 0.3 is 0 Å². The molecule has 0 unspecified atom stereocenters. The number of halogens is 1. The highest BCUT2D eigenvalue weighted by Gasteiger charge is 2.21. The van der Waals surface area contributed by atoms with Crippen molar-refractivity contribution in [1.82, 2.24) is 0 Å². The lowest BCUT2D eigenvalue weighted by atomic mass is 9.97. The first-order chi connectivity index (χ1) is 7.50. The predicted octanol–water partition coefficient (Wildman–Crippen LogP) is 3.72. The highest BCUT2D eigenvalue weighted by molar-refractivity contribution is 9.10. The van der Waals surface area contributed by atoms with E-state index >= 15 is 0 Å². The van der Waals surface area contributed by atoms with Crippen LogP contribution in [0.3, 0.4) is 0 Å². The Hall–Kier alpha value is -0.540. The van der Waals surface area contributed by atoms with Crippen molar-refractivity contribution in [3.63, 3.8) is 0 Å². The van der Waals surface area contributed by atoms with Crippen molar-refractivity contribution in [2.75, 3.05) is 11.9 Å². The van der Waals surface area contributed by atoms with Gasteiger partial charge in [-0.1, -0.05) is 35.8 Å². The van der Waals surface area contributed by atoms with Crippen LogP contribution in [-0.2, 0) is 0 Å². The van der Waals surface area contributed by atoms with Crippen LogP contribution >= 0.6 is 15.9 Å². The minimum absolute atomic E-state index is 0.593. The topological polar surface area (TPSA) is 32.3 Å². The molecule has 0 radical (unpaired) electrons. The van der Waals surface area contributed by atoms with E-state index in [1.165, 1.54) is 5.56 Å². The molecule has 0 amide bonds. The molecule has 1 aromatic rings. The van der Waals surface area contributed by atoms with Crippen molar-refractivity contribution in [1.29, 1.82) is 0 Å². The van der Waals surface area contributed by atoms with E-state index in [2.05, 4.69) is 34.2 Å². The number of aryl methyl sites for hydroxylation is 1. The summed E-state index contributed by atoms with van der Waals surface area (Å²) in [5.41, 5.74) is 1.65. The molecule has 1 aromatic carbocycles. The summed E-state index contributed by atoms with van der Waals surface area (Å²) in [5.74, 6) is 0. The largest absolute Gasteiger partial charge is 0.388 e. The molecule has 2 nitrogen and oxygen atoms in total. The minimum Gasteiger partial charge on any atom is -0.388 e. The van der Waals surface area contributed by atoms with Gasteiger partial charge in [0.1, 0.15) is 0 Å². The molecule has 90 valence electrons. The quantitative estimate of drug-likeness (QED) is 0.864. The van der Waals surface area contributed by atoms with Gasteiger partial charge in [-0.15, -0.1) is 0 Å². The van der Waals surface area contributed by atoms with Crippen LogP contribution in [0.1, 0.15) is 32.3 Å². The molecular weight excluding hydrogens is 266 g/mol. The van der Waals surface area contributed by atoms with Gasteiger partial charge < -0.3 is 10.4 Å². The van der Waals surface area contributed by atoms with Crippen molar-refractivity contribution in [2.24, 2.45) is 0 Å². The van der Waals surface area contributed by atoms with Crippen molar-refractivity contribution in [3.05, 3.63) is 28.2 Å². The second kappa shape index (κ2) is 5.69. The van der Waals surface area contributed by atoms with Crippen LogP contribution in [0, 0.1) is 6.92 Å². The summed E-state index contributed by atoms with van der Waals surface area (Å²) in [4.78, 5) is 0. The third-order valence-electron chi connectivity index (χ3n) is 3.11. The first-order valence-electron chi connectivity index (χ1n) is 5.73. The van der Waals surface area contributed by atoms with E-state index in [1.54, 1.807) is 0 Å². The molecule has 0 aliphatic rings. The number of anilines is 1. The predicted molar refractivity (Wildman–Crippen MR) is 72.9 cm³/mol. The molecule has 0 atom stereocenters. The highest BCUT2D eigenvalue weighted by atomic mass is 79.9. The number of benzene rings is 1. The molecule has 1 rings (SSSR count). The second-order valence-electron chi connectivity index (χ2n) is 4.25. The van der Waals surface area contributed by atoms with Crippen LogP contribution in [0.4, 0.5) is 5.69 Å². The molecule has 0 aliphatic carbocycles. The maximum absolute atomic E-state index is 10.1. The summed E-state index contributed by atoms with van der Waals surface area (Å²) in [6.45, 7) is 6.67. The van der Waals surface area contributed by atoms with Gasteiger partial charge in [-0.2, -0.15) is 0 Å². The fourth-order valence-electron chi connectivity index (χ4n) is 1.47. The molecule has 0 saturated heterocycles. The van der Waals surface area contributed by atoms with E-state index in [-0.39, 0.29) is 0 Å². The van der Waals surface area contributed by atoms with Gasteiger partial charge in [-0.3, -0.25) is 0 Å². The number of nitrogens with one attached hydrogen (secondary N) is 1. The van der Waals surface area contributed by atoms with Crippen molar-refractivity contribution >= 4 is 21.6 Å². The Morgan fingerprint density at radius 3 is 2.44 bits per heavy atom. The monoisotopic (exact) mass is 285 g/mol. The van der Waals surface area contributed by atoms with Crippen LogP contribution in [0.15, 0.2) is 22.7 Å². The molecule has 0 aromatic heterocycles. The van der Waals surface area contributed by atoms with E-state index in [0.29, 0.717) is 6.54 Å². The average molecular weight is 286 g/mol. The van der Waals surface area contributed by atoms with Crippen LogP contribution < -0.4 is 5.32 Å². The van der Waals surface area contributed by atoms with Gasteiger partial charge in [0.15, 0.2) is 0 Å². The molecule has 0 aliphatic heterocycles. The van der Waals surface area contributed by atoms with E-state index < -0.39 is 5.60 Å². The zero-order valence-electron chi connectivity index (χ0n) is 10.2. The maximum atomic E-state index is 10.1. The molecule has 3 heteroatoms. The fraction of sp³-hybridized carbons (Fsp3) is 0.538. The van der Waals surface area contributed by atoms with E-state index in [9.17, 15) is 5.11 Å². The Morgan fingerprint density at radius 1 is 1.31 bits per heavy atom. The van der Waals surface area contributed by atoms with Crippen molar-refractivity contribution in [3.8, 4) is 0 Å². The van der Waals surface area contributed by atoms with Gasteiger partial charge in [0.05, 0.1) is 5.60 Å². The van der Waals surface area contributed by atoms with Crippen LogP contribution in [0.2, 0.25) is 0 Å². The summed E-state index contributed by atoms with van der Waals surface area (Å²) in [6, 6.07) is 6.14. The Morgan fingerprint density at radius 2 is 1.94 bits per heavy atom. The molecule has 2 N–H and O–H groups in total. The fourth-order valence-corrected chi connectivity index (χ4v) is 1.85. The number of hydrogen-bond donors (Lipinski definition) is 2. The molecule has 0 fully saturated rings. The highest BCUT2D eigenvalue weighted by Crippen LogP contribution is 2.22. The van der Waals surface area contributed by atoms with Gasteiger partial charge in [-0.25, -0.2) is 0 Å². The van der Waals surface area contributed by atoms with Crippen LogP contribution in [0.5, 0.6) is 0 Å². The molecule has 0 saturated carbocycles. The number of rotatable bonds is 5. The van der Waals surface area contributed by atoms with Crippen molar-refractivity contribution < 1.29 is 5.11 Å². The first-order valence-corrected chi connectivity index (χ1v) is 6.52. The molecule has 0 heterocycles. The van der Waals surface area contributed by atoms with Gasteiger partial charge in [0, 0.05) is 16.7 Å². The summed E-state index contributed by atoms with van der Waals surface area (Å²) in [7, 11) is 0. The smallest absolute Gasteiger partial charge is 0.0814 e. The van der Waals surface area contributed by atoms with E-state index in [0.717, 1.165) is 23.0 Å². The molecule has 0 spiro atoms. The Labute approximate surface area is 106 Å². The van der Waals surface area contributed by atoms with Gasteiger partial charge in [0.25, 0.3) is 0 Å². The summed E-state index contributed by atoms with van der Waals surface area (Å²) in [5, 5.41) is 13.4. The van der Waals surface area contributed by atoms with Crippen molar-refractivity contribution in [2.45, 2.75) is 39.2 Å². The second-order valence-corrected chi connectivity index (χ2v) is 5.10. The molecule has 16 heavy (non-hydrogen) atoms. The Bertz CT molecular complexity index is 348. The number of hydrogen-bond acceptors (Lipinski definition) is 2. The van der Waals surface area contributed by atoms with Gasteiger partial charge in [0.2, 0.25) is 0 Å². The number of aliphatic hydroxyl groups is 1. The standard InChI is InChI=1S/C13H20BrNO/c1-4-13(16,5-2)9-15-11-7-6-10(3)12(14)8-11/h6-8,15-16H,4-5,9H2,1-3H3. The maximum Gasteiger partial charge on any atom is 0.0814 e. The van der Waals surface area contributed by atoms with Crippen LogP contribution in [0.25, 0.3) is 0 Å². The summed E-state index contributed by atoms with van der Waals surface area (Å²) in [6.07, 6.45) is 1.53. The van der Waals surface area contributed by atoms with E-state index in [4.69, 9.17) is 0 Å². The lowest BCUT2D eigenvalue weighted by Crippen LogP contribution is -2.35. The summed E-state index contributed by atoms with van der Waals surface area (Å²) < 4.78 is 1.09. The zero-order chi connectivity index (χ0) is 12.2. The third-order valence-corrected chi connectivity index (χ3v) is 3.96. The first kappa shape index (κ1) is 13.5. The molecule has 0 bridgehead atoms. The Balaban J connectivity index is 2.64.